The van der Waals surface area contributed by atoms with E-state index in [9.17, 15) is 13.5 Å². The van der Waals surface area contributed by atoms with E-state index in [4.69, 9.17) is 0 Å². The Morgan fingerprint density at radius 1 is 1.10 bits per heavy atom. The van der Waals surface area contributed by atoms with Gasteiger partial charge in [-0.15, -0.1) is 10.2 Å². The summed E-state index contributed by atoms with van der Waals surface area (Å²) in [7, 11) is -3.80. The Morgan fingerprint density at radius 3 is 2.53 bits per heavy atom. The molecule has 0 bridgehead atoms. The number of sulfonamides is 1. The van der Waals surface area contributed by atoms with E-state index >= 15 is 0 Å². The highest BCUT2D eigenvalue weighted by molar-refractivity contribution is 7.89. The molecule has 0 saturated heterocycles. The second-order valence-corrected chi connectivity index (χ2v) is 8.99. The lowest BCUT2D eigenvalue weighted by Crippen LogP contribution is -2.36. The summed E-state index contributed by atoms with van der Waals surface area (Å²) in [6, 6.07) is 12.2. The number of nitrogens with zero attached hydrogens (tertiary/aromatic N) is 4. The van der Waals surface area contributed by atoms with E-state index in [-0.39, 0.29) is 11.5 Å². The standard InChI is InChI=1S/C21H23N5O3S/c1-4-15(12-27)25-30(28,29)16-10-9-13(2)19(11-16)21-23-22-20-18-8-6-5-7-17(18)14(3)24-26(20)21/h5-11,15,25,27H,4,12H2,1-3H3. The molecule has 0 saturated carbocycles. The molecule has 4 rings (SSSR count). The lowest BCUT2D eigenvalue weighted by atomic mass is 10.1. The summed E-state index contributed by atoms with van der Waals surface area (Å²) in [5.74, 6) is 0.475. The van der Waals surface area contributed by atoms with Gasteiger partial charge in [-0.3, -0.25) is 0 Å². The first-order valence-corrected chi connectivity index (χ1v) is 11.2. The van der Waals surface area contributed by atoms with Gasteiger partial charge in [0, 0.05) is 22.4 Å². The van der Waals surface area contributed by atoms with Crippen molar-refractivity contribution in [1.82, 2.24) is 24.5 Å². The van der Waals surface area contributed by atoms with Crippen molar-refractivity contribution in [3.8, 4) is 11.4 Å². The number of aliphatic hydroxyl groups is 1. The highest BCUT2D eigenvalue weighted by atomic mass is 32.2. The van der Waals surface area contributed by atoms with Crippen LogP contribution >= 0.6 is 0 Å². The van der Waals surface area contributed by atoms with Crippen LogP contribution in [-0.2, 0) is 10.0 Å². The van der Waals surface area contributed by atoms with Crippen molar-refractivity contribution < 1.29 is 13.5 Å². The van der Waals surface area contributed by atoms with E-state index in [2.05, 4.69) is 20.0 Å². The van der Waals surface area contributed by atoms with Crippen LogP contribution in [0.5, 0.6) is 0 Å². The molecule has 2 aromatic heterocycles. The molecule has 0 aliphatic rings. The zero-order valence-electron chi connectivity index (χ0n) is 17.0. The van der Waals surface area contributed by atoms with Crippen molar-refractivity contribution in [2.75, 3.05) is 6.61 Å². The van der Waals surface area contributed by atoms with Crippen molar-refractivity contribution in [2.45, 2.75) is 38.1 Å². The first-order valence-electron chi connectivity index (χ1n) is 9.70. The average molecular weight is 426 g/mol. The van der Waals surface area contributed by atoms with Gasteiger partial charge in [0.15, 0.2) is 11.5 Å². The maximum Gasteiger partial charge on any atom is 0.240 e. The molecule has 30 heavy (non-hydrogen) atoms. The van der Waals surface area contributed by atoms with Crippen molar-refractivity contribution in [1.29, 1.82) is 0 Å². The maximum atomic E-state index is 12.8. The van der Waals surface area contributed by atoms with Crippen LogP contribution in [0.2, 0.25) is 0 Å². The van der Waals surface area contributed by atoms with Crippen LogP contribution < -0.4 is 4.72 Å². The number of aryl methyl sites for hydroxylation is 2. The smallest absolute Gasteiger partial charge is 0.240 e. The predicted molar refractivity (Wildman–Crippen MR) is 115 cm³/mol. The van der Waals surface area contributed by atoms with Gasteiger partial charge >= 0.3 is 0 Å². The minimum Gasteiger partial charge on any atom is -0.395 e. The Bertz CT molecular complexity index is 1340. The molecule has 4 aromatic rings. The number of nitrogens with one attached hydrogen (secondary N) is 1. The van der Waals surface area contributed by atoms with Crippen LogP contribution in [0.1, 0.15) is 24.6 Å². The summed E-state index contributed by atoms with van der Waals surface area (Å²) in [5, 5.41) is 24.6. The molecule has 0 radical (unpaired) electrons. The van der Waals surface area contributed by atoms with E-state index in [0.29, 0.717) is 23.5 Å². The molecule has 2 aromatic carbocycles. The van der Waals surface area contributed by atoms with Crippen molar-refractivity contribution in [2.24, 2.45) is 0 Å². The summed E-state index contributed by atoms with van der Waals surface area (Å²) < 4.78 is 29.8. The molecule has 0 spiro atoms. The highest BCUT2D eigenvalue weighted by Crippen LogP contribution is 2.28. The number of hydrogen-bond acceptors (Lipinski definition) is 6. The lowest BCUT2D eigenvalue weighted by Gasteiger charge is -2.15. The quantitative estimate of drug-likeness (QED) is 0.491. The largest absolute Gasteiger partial charge is 0.395 e. The minimum atomic E-state index is -3.80. The zero-order valence-corrected chi connectivity index (χ0v) is 17.8. The summed E-state index contributed by atoms with van der Waals surface area (Å²) in [6.45, 7) is 5.35. The average Bonchev–Trinajstić information content (AvgIpc) is 3.16. The van der Waals surface area contributed by atoms with Gasteiger partial charge in [-0.1, -0.05) is 37.3 Å². The fourth-order valence-corrected chi connectivity index (χ4v) is 4.79. The van der Waals surface area contributed by atoms with E-state index in [1.165, 1.54) is 0 Å². The monoisotopic (exact) mass is 425 g/mol. The maximum absolute atomic E-state index is 12.8. The SMILES string of the molecule is CCC(CO)NS(=O)(=O)c1ccc(C)c(-c2nnc3c4ccccc4c(C)nn23)c1. The van der Waals surface area contributed by atoms with Gasteiger partial charge in [-0.05, 0) is 38.0 Å². The number of rotatable bonds is 6. The molecule has 0 aliphatic heterocycles. The van der Waals surface area contributed by atoms with Gasteiger partial charge in [0.25, 0.3) is 0 Å². The van der Waals surface area contributed by atoms with Gasteiger partial charge < -0.3 is 5.11 Å². The minimum absolute atomic E-state index is 0.101. The summed E-state index contributed by atoms with van der Waals surface area (Å²) >= 11 is 0. The molecular formula is C21H23N5O3S. The Balaban J connectivity index is 1.88. The Hall–Kier alpha value is -2.88. The number of hydrogen-bond donors (Lipinski definition) is 2. The molecule has 2 heterocycles. The Kier molecular flexibility index (Phi) is 5.27. The van der Waals surface area contributed by atoms with Crippen LogP contribution in [0.15, 0.2) is 47.4 Å². The predicted octanol–water partition coefficient (Wildman–Crippen LogP) is 2.61. The van der Waals surface area contributed by atoms with Gasteiger partial charge in [0.05, 0.1) is 17.2 Å². The molecule has 0 amide bonds. The Morgan fingerprint density at radius 2 is 1.83 bits per heavy atom. The molecule has 1 unspecified atom stereocenters. The molecule has 1 atom stereocenters. The Labute approximate surface area is 174 Å². The normalized spacial score (nSPS) is 13.2. The van der Waals surface area contributed by atoms with Crippen molar-refractivity contribution in [3.05, 3.63) is 53.7 Å². The van der Waals surface area contributed by atoms with E-state index in [0.717, 1.165) is 22.0 Å². The second kappa shape index (κ2) is 7.75. The third-order valence-electron chi connectivity index (χ3n) is 5.24. The molecule has 0 fully saturated rings. The third-order valence-corrected chi connectivity index (χ3v) is 6.76. The number of aromatic nitrogens is 4. The molecule has 8 nitrogen and oxygen atoms in total. The number of fused-ring (bicyclic) bond motifs is 3. The first-order chi connectivity index (χ1) is 14.4. The molecule has 0 aliphatic carbocycles. The molecule has 156 valence electrons. The van der Waals surface area contributed by atoms with Crippen LogP contribution in [-0.4, -0.2) is 46.0 Å². The van der Waals surface area contributed by atoms with Gasteiger partial charge in [0.1, 0.15) is 0 Å². The van der Waals surface area contributed by atoms with E-state index < -0.39 is 16.1 Å². The highest BCUT2D eigenvalue weighted by Gasteiger charge is 2.22. The van der Waals surface area contributed by atoms with Crippen molar-refractivity contribution in [3.63, 3.8) is 0 Å². The molecular weight excluding hydrogens is 402 g/mol. The van der Waals surface area contributed by atoms with Gasteiger partial charge in [0.2, 0.25) is 10.0 Å². The lowest BCUT2D eigenvalue weighted by molar-refractivity contribution is 0.254. The number of benzene rings is 2. The van der Waals surface area contributed by atoms with Gasteiger partial charge in [-0.2, -0.15) is 9.61 Å². The van der Waals surface area contributed by atoms with Crippen LogP contribution in [0.4, 0.5) is 0 Å². The molecule has 2 N–H and O–H groups in total. The second-order valence-electron chi connectivity index (χ2n) is 7.28. The van der Waals surface area contributed by atoms with E-state index in [1.807, 2.05) is 45.0 Å². The van der Waals surface area contributed by atoms with E-state index in [1.54, 1.807) is 22.7 Å². The van der Waals surface area contributed by atoms with Gasteiger partial charge in [-0.25, -0.2) is 13.1 Å². The summed E-state index contributed by atoms with van der Waals surface area (Å²) in [5.41, 5.74) is 2.92. The fraction of sp³-hybridized carbons (Fsp3) is 0.286. The fourth-order valence-electron chi connectivity index (χ4n) is 3.45. The zero-order chi connectivity index (χ0) is 21.5. The summed E-state index contributed by atoms with van der Waals surface area (Å²) in [4.78, 5) is 0.101. The summed E-state index contributed by atoms with van der Waals surface area (Å²) in [6.07, 6.45) is 0.486. The molecule has 9 heteroatoms. The van der Waals surface area contributed by atoms with Crippen LogP contribution in [0, 0.1) is 13.8 Å². The van der Waals surface area contributed by atoms with Crippen LogP contribution in [0.25, 0.3) is 27.8 Å². The van der Waals surface area contributed by atoms with Crippen molar-refractivity contribution >= 4 is 26.4 Å². The van der Waals surface area contributed by atoms with Crippen LogP contribution in [0.3, 0.4) is 0 Å². The third kappa shape index (κ3) is 3.45. The number of aliphatic hydroxyl groups excluding tert-OH is 1. The first kappa shape index (κ1) is 20.4. The topological polar surface area (TPSA) is 109 Å².